The van der Waals surface area contributed by atoms with E-state index >= 15 is 0 Å². The van der Waals surface area contributed by atoms with E-state index in [1.807, 2.05) is 0 Å². The van der Waals surface area contributed by atoms with E-state index in [-0.39, 0.29) is 29.7 Å². The van der Waals surface area contributed by atoms with Gasteiger partial charge in [-0.05, 0) is 18.8 Å². The monoisotopic (exact) mass is 222 g/mol. The maximum Gasteiger partial charge on any atom is 0.234 e. The lowest BCUT2D eigenvalue weighted by Crippen LogP contribution is -2.40. The Kier molecular flexibility index (Phi) is 2.28. The Morgan fingerprint density at radius 1 is 1.19 bits per heavy atom. The molecule has 3 aliphatic rings. The summed E-state index contributed by atoms with van der Waals surface area (Å²) in [5, 5.41) is 3.41. The minimum Gasteiger partial charge on any atom is -0.312 e. The second kappa shape index (κ2) is 3.55. The summed E-state index contributed by atoms with van der Waals surface area (Å²) in [6.07, 6.45) is 4.98. The van der Waals surface area contributed by atoms with E-state index in [1.54, 1.807) is 7.05 Å². The predicted octanol–water partition coefficient (Wildman–Crippen LogP) is 0.379. The highest BCUT2D eigenvalue weighted by Gasteiger charge is 2.54. The summed E-state index contributed by atoms with van der Waals surface area (Å²) in [7, 11) is 1.62. The van der Waals surface area contributed by atoms with Crippen molar-refractivity contribution in [1.82, 2.24) is 10.2 Å². The van der Waals surface area contributed by atoms with Crippen LogP contribution < -0.4 is 5.32 Å². The molecule has 1 N–H and O–H groups in total. The minimum atomic E-state index is -0.0805. The lowest BCUT2D eigenvalue weighted by atomic mass is 9.84. The van der Waals surface area contributed by atoms with Crippen LogP contribution in [0.2, 0.25) is 0 Å². The van der Waals surface area contributed by atoms with Gasteiger partial charge >= 0.3 is 0 Å². The highest BCUT2D eigenvalue weighted by atomic mass is 16.2. The molecule has 16 heavy (non-hydrogen) atoms. The molecule has 3 fully saturated rings. The smallest absolute Gasteiger partial charge is 0.234 e. The molecule has 0 aromatic heterocycles. The van der Waals surface area contributed by atoms with E-state index < -0.39 is 0 Å². The van der Waals surface area contributed by atoms with E-state index in [4.69, 9.17) is 0 Å². The summed E-state index contributed by atoms with van der Waals surface area (Å²) in [6.45, 7) is 0.695. The molecular weight excluding hydrogens is 204 g/mol. The van der Waals surface area contributed by atoms with Gasteiger partial charge in [0.1, 0.15) is 0 Å². The second-order valence-electron chi connectivity index (χ2n) is 5.35. The van der Waals surface area contributed by atoms with Crippen LogP contribution in [0.4, 0.5) is 0 Å². The van der Waals surface area contributed by atoms with Crippen LogP contribution in [-0.4, -0.2) is 36.3 Å². The van der Waals surface area contributed by atoms with Crippen LogP contribution in [0.15, 0.2) is 0 Å². The molecule has 0 radical (unpaired) electrons. The van der Waals surface area contributed by atoms with Crippen LogP contribution in [0.5, 0.6) is 0 Å². The van der Waals surface area contributed by atoms with Gasteiger partial charge in [0.2, 0.25) is 11.8 Å². The molecule has 88 valence electrons. The summed E-state index contributed by atoms with van der Waals surface area (Å²) in [6, 6.07) is 0.258. The molecule has 2 aliphatic heterocycles. The summed E-state index contributed by atoms with van der Waals surface area (Å²) in [5.74, 6) is 0.516. The molecule has 0 aromatic rings. The summed E-state index contributed by atoms with van der Waals surface area (Å²) >= 11 is 0. The number of carbonyl (C=O) groups is 2. The summed E-state index contributed by atoms with van der Waals surface area (Å²) < 4.78 is 0. The van der Waals surface area contributed by atoms with Crippen molar-refractivity contribution in [3.63, 3.8) is 0 Å². The number of fused-ring (bicyclic) bond motifs is 1. The average Bonchev–Trinajstić information content (AvgIpc) is 2.96. The van der Waals surface area contributed by atoms with Gasteiger partial charge in [-0.2, -0.15) is 0 Å². The Morgan fingerprint density at radius 3 is 2.56 bits per heavy atom. The first kappa shape index (κ1) is 10.3. The lowest BCUT2D eigenvalue weighted by molar-refractivity contribution is -0.138. The Bertz CT molecular complexity index is 336. The third-order valence-electron chi connectivity index (χ3n) is 4.57. The molecule has 2 amide bonds. The van der Waals surface area contributed by atoms with Gasteiger partial charge in [0, 0.05) is 19.6 Å². The van der Waals surface area contributed by atoms with Gasteiger partial charge in [0.15, 0.2) is 0 Å². The molecule has 4 nitrogen and oxygen atoms in total. The van der Waals surface area contributed by atoms with Crippen molar-refractivity contribution in [3.8, 4) is 0 Å². The Balaban J connectivity index is 1.84. The average molecular weight is 222 g/mol. The molecule has 3 unspecified atom stereocenters. The van der Waals surface area contributed by atoms with Gasteiger partial charge in [-0.1, -0.05) is 12.8 Å². The third-order valence-corrected chi connectivity index (χ3v) is 4.57. The molecule has 3 atom stereocenters. The van der Waals surface area contributed by atoms with Crippen molar-refractivity contribution >= 4 is 11.8 Å². The fourth-order valence-corrected chi connectivity index (χ4v) is 3.69. The molecule has 3 rings (SSSR count). The molecule has 4 heteroatoms. The molecule has 2 heterocycles. The second-order valence-corrected chi connectivity index (χ2v) is 5.35. The van der Waals surface area contributed by atoms with E-state index in [0.717, 1.165) is 0 Å². The quantitative estimate of drug-likeness (QED) is 0.652. The van der Waals surface area contributed by atoms with Crippen LogP contribution in [0, 0.1) is 17.8 Å². The molecular formula is C12H18N2O2. The number of amides is 2. The SMILES string of the molecule is CN1C(=O)C2CNC(C3CCCC3)C2C1=O. The molecule has 2 saturated heterocycles. The maximum atomic E-state index is 12.0. The zero-order valence-corrected chi connectivity index (χ0v) is 9.61. The van der Waals surface area contributed by atoms with Gasteiger partial charge in [0.05, 0.1) is 11.8 Å². The zero-order valence-electron chi connectivity index (χ0n) is 9.61. The van der Waals surface area contributed by atoms with E-state index in [0.29, 0.717) is 12.5 Å². The largest absolute Gasteiger partial charge is 0.312 e. The Labute approximate surface area is 95.4 Å². The number of nitrogens with zero attached hydrogens (tertiary/aromatic N) is 1. The van der Waals surface area contributed by atoms with Crippen molar-refractivity contribution < 1.29 is 9.59 Å². The van der Waals surface area contributed by atoms with Crippen LogP contribution >= 0.6 is 0 Å². The standard InChI is InChI=1S/C12H18N2O2/c1-14-11(15)8-6-13-10(9(8)12(14)16)7-4-2-3-5-7/h7-10,13H,2-6H2,1H3. The van der Waals surface area contributed by atoms with Crippen molar-refractivity contribution in [2.24, 2.45) is 17.8 Å². The molecule has 1 aliphatic carbocycles. The summed E-state index contributed by atoms with van der Waals surface area (Å²) in [4.78, 5) is 25.2. The fraction of sp³-hybridized carbons (Fsp3) is 0.833. The van der Waals surface area contributed by atoms with E-state index in [2.05, 4.69) is 5.32 Å². The van der Waals surface area contributed by atoms with Gasteiger partial charge in [-0.25, -0.2) is 0 Å². The normalized spacial score (nSPS) is 39.8. The van der Waals surface area contributed by atoms with Crippen LogP contribution in [-0.2, 0) is 9.59 Å². The highest BCUT2D eigenvalue weighted by Crippen LogP contribution is 2.40. The molecule has 0 spiro atoms. The number of likely N-dealkylation sites (tertiary alicyclic amines) is 1. The van der Waals surface area contributed by atoms with Crippen molar-refractivity contribution in [3.05, 3.63) is 0 Å². The minimum absolute atomic E-state index is 0.0167. The number of rotatable bonds is 1. The van der Waals surface area contributed by atoms with Gasteiger partial charge in [0.25, 0.3) is 0 Å². The number of imide groups is 1. The zero-order chi connectivity index (χ0) is 11.3. The summed E-state index contributed by atoms with van der Waals surface area (Å²) in [5.41, 5.74) is 0. The first-order chi connectivity index (χ1) is 7.70. The van der Waals surface area contributed by atoms with Crippen LogP contribution in [0.25, 0.3) is 0 Å². The first-order valence-electron chi connectivity index (χ1n) is 6.25. The first-order valence-corrected chi connectivity index (χ1v) is 6.25. The van der Waals surface area contributed by atoms with Gasteiger partial charge in [-0.3, -0.25) is 14.5 Å². The number of carbonyl (C=O) groups excluding carboxylic acids is 2. The van der Waals surface area contributed by atoms with E-state index in [1.165, 1.54) is 30.6 Å². The van der Waals surface area contributed by atoms with Crippen LogP contribution in [0.3, 0.4) is 0 Å². The van der Waals surface area contributed by atoms with Gasteiger partial charge < -0.3 is 5.32 Å². The van der Waals surface area contributed by atoms with E-state index in [9.17, 15) is 9.59 Å². The predicted molar refractivity (Wildman–Crippen MR) is 58.5 cm³/mol. The third kappa shape index (κ3) is 1.25. The number of hydrogen-bond donors (Lipinski definition) is 1. The molecule has 0 aromatic carbocycles. The van der Waals surface area contributed by atoms with Crippen LogP contribution in [0.1, 0.15) is 25.7 Å². The molecule has 1 saturated carbocycles. The lowest BCUT2D eigenvalue weighted by Gasteiger charge is -2.23. The van der Waals surface area contributed by atoms with Crippen molar-refractivity contribution in [2.75, 3.05) is 13.6 Å². The highest BCUT2D eigenvalue weighted by molar-refractivity contribution is 6.05. The molecule has 0 bridgehead atoms. The van der Waals surface area contributed by atoms with Crippen molar-refractivity contribution in [1.29, 1.82) is 0 Å². The maximum absolute atomic E-state index is 12.0. The number of nitrogens with one attached hydrogen (secondary N) is 1. The van der Waals surface area contributed by atoms with Gasteiger partial charge in [-0.15, -0.1) is 0 Å². The van der Waals surface area contributed by atoms with Crippen molar-refractivity contribution in [2.45, 2.75) is 31.7 Å². The Hall–Kier alpha value is -0.900. The Morgan fingerprint density at radius 2 is 1.88 bits per heavy atom. The topological polar surface area (TPSA) is 49.4 Å². The number of hydrogen-bond acceptors (Lipinski definition) is 3. The fourth-order valence-electron chi connectivity index (χ4n) is 3.69.